The van der Waals surface area contributed by atoms with Crippen LogP contribution in [0.2, 0.25) is 5.02 Å². The highest BCUT2D eigenvalue weighted by molar-refractivity contribution is 7.90. The summed E-state index contributed by atoms with van der Waals surface area (Å²) in [4.78, 5) is 13.3. The number of rotatable bonds is 3. The van der Waals surface area contributed by atoms with Gasteiger partial charge in [-0.25, -0.2) is 13.2 Å². The molecule has 0 aliphatic carbocycles. The van der Waals surface area contributed by atoms with Crippen molar-refractivity contribution in [2.45, 2.75) is 11.1 Å². The Hall–Kier alpha value is -3.05. The maximum atomic E-state index is 11.7. The highest BCUT2D eigenvalue weighted by Crippen LogP contribution is 2.32. The lowest BCUT2D eigenvalue weighted by atomic mass is 10.1. The van der Waals surface area contributed by atoms with Crippen molar-refractivity contribution in [3.05, 3.63) is 53.7 Å². The number of phenols is 1. The van der Waals surface area contributed by atoms with E-state index in [0.717, 1.165) is 6.26 Å². The summed E-state index contributed by atoms with van der Waals surface area (Å²) in [5, 5.41) is 21.2. The topological polar surface area (TPSA) is 117 Å². The third-order valence-electron chi connectivity index (χ3n) is 3.61. The molecule has 0 aliphatic heterocycles. The number of carbonyl (C=O) groups is 1. The Balaban J connectivity index is 0.000000396. The molecular formula is C18H14ClF3N2O5S. The number of alkyl halides is 3. The summed E-state index contributed by atoms with van der Waals surface area (Å²) >= 11 is 5.94. The Morgan fingerprint density at radius 3 is 2.30 bits per heavy atom. The van der Waals surface area contributed by atoms with E-state index in [1.54, 1.807) is 36.5 Å². The van der Waals surface area contributed by atoms with Gasteiger partial charge in [-0.15, -0.1) is 0 Å². The minimum absolute atomic E-state index is 0.0404. The van der Waals surface area contributed by atoms with Crippen LogP contribution in [0.5, 0.6) is 5.75 Å². The van der Waals surface area contributed by atoms with E-state index in [9.17, 15) is 26.7 Å². The minimum atomic E-state index is -5.08. The molecule has 0 spiro atoms. The SMILES string of the molecule is CS(=O)(=O)c1ccc2nccc(Nc3cc(Cl)ccc3O)c2c1.O=C(O)C(F)(F)F. The second-order valence-corrected chi connectivity index (χ2v) is 8.35. The van der Waals surface area contributed by atoms with Crippen molar-refractivity contribution in [1.82, 2.24) is 4.98 Å². The Bertz CT molecular complexity index is 1200. The lowest BCUT2D eigenvalue weighted by Gasteiger charge is -2.12. The van der Waals surface area contributed by atoms with E-state index in [0.29, 0.717) is 27.3 Å². The largest absolute Gasteiger partial charge is 0.506 e. The summed E-state index contributed by atoms with van der Waals surface area (Å²) < 4.78 is 55.2. The summed E-state index contributed by atoms with van der Waals surface area (Å²) in [7, 11) is -3.32. The zero-order chi connectivity index (χ0) is 22.7. The number of aromatic nitrogens is 1. The first kappa shape index (κ1) is 23.2. The van der Waals surface area contributed by atoms with Crippen LogP contribution in [-0.4, -0.2) is 42.0 Å². The summed E-state index contributed by atoms with van der Waals surface area (Å²) in [6, 6.07) is 11.1. The molecule has 30 heavy (non-hydrogen) atoms. The van der Waals surface area contributed by atoms with Crippen molar-refractivity contribution in [3.8, 4) is 5.75 Å². The van der Waals surface area contributed by atoms with Gasteiger partial charge in [0.15, 0.2) is 9.84 Å². The molecule has 0 unspecified atom stereocenters. The lowest BCUT2D eigenvalue weighted by Crippen LogP contribution is -2.21. The summed E-state index contributed by atoms with van der Waals surface area (Å²) in [6.45, 7) is 0. The smallest absolute Gasteiger partial charge is 0.490 e. The van der Waals surface area contributed by atoms with E-state index in [-0.39, 0.29) is 10.6 Å². The van der Waals surface area contributed by atoms with Crippen molar-refractivity contribution < 1.29 is 36.6 Å². The van der Waals surface area contributed by atoms with Crippen LogP contribution < -0.4 is 5.32 Å². The fraction of sp³-hybridized carbons (Fsp3) is 0.111. The fourth-order valence-electron chi connectivity index (χ4n) is 2.22. The number of sulfone groups is 1. The number of phenolic OH excluding ortho intramolecular Hbond substituents is 1. The monoisotopic (exact) mass is 462 g/mol. The number of carboxylic acid groups (broad SMARTS) is 1. The van der Waals surface area contributed by atoms with E-state index >= 15 is 0 Å². The number of hydrogen-bond acceptors (Lipinski definition) is 6. The first-order valence-electron chi connectivity index (χ1n) is 7.93. The number of benzene rings is 2. The Labute approximate surface area is 173 Å². The number of aliphatic carboxylic acids is 1. The van der Waals surface area contributed by atoms with E-state index in [2.05, 4.69) is 10.3 Å². The Kier molecular flexibility index (Phi) is 6.78. The van der Waals surface area contributed by atoms with Gasteiger partial charge in [0.05, 0.1) is 16.1 Å². The molecule has 0 radical (unpaired) electrons. The van der Waals surface area contributed by atoms with Crippen molar-refractivity contribution in [3.63, 3.8) is 0 Å². The highest BCUT2D eigenvalue weighted by Gasteiger charge is 2.38. The van der Waals surface area contributed by atoms with Gasteiger partial charge in [-0.3, -0.25) is 4.98 Å². The van der Waals surface area contributed by atoms with Gasteiger partial charge in [0.25, 0.3) is 0 Å². The maximum Gasteiger partial charge on any atom is 0.490 e. The predicted molar refractivity (Wildman–Crippen MR) is 105 cm³/mol. The average Bonchev–Trinajstić information content (AvgIpc) is 2.63. The Morgan fingerprint density at radius 2 is 1.73 bits per heavy atom. The quantitative estimate of drug-likeness (QED) is 0.495. The molecule has 0 saturated heterocycles. The van der Waals surface area contributed by atoms with Crippen LogP contribution in [-0.2, 0) is 14.6 Å². The number of anilines is 2. The molecule has 0 saturated carbocycles. The van der Waals surface area contributed by atoms with Crippen LogP contribution >= 0.6 is 11.6 Å². The van der Waals surface area contributed by atoms with E-state index in [1.807, 2.05) is 0 Å². The lowest BCUT2D eigenvalue weighted by molar-refractivity contribution is -0.192. The molecule has 3 rings (SSSR count). The molecule has 0 atom stereocenters. The molecule has 3 N–H and O–H groups in total. The highest BCUT2D eigenvalue weighted by atomic mass is 35.5. The van der Waals surface area contributed by atoms with E-state index < -0.39 is 22.0 Å². The second kappa shape index (κ2) is 8.76. The molecule has 0 amide bonds. The number of fused-ring (bicyclic) bond motifs is 1. The third-order valence-corrected chi connectivity index (χ3v) is 4.96. The minimum Gasteiger partial charge on any atom is -0.506 e. The number of nitrogens with zero attached hydrogens (tertiary/aromatic N) is 1. The molecule has 1 aromatic heterocycles. The summed E-state index contributed by atoms with van der Waals surface area (Å²) in [5.74, 6) is -2.72. The van der Waals surface area contributed by atoms with Crippen molar-refractivity contribution in [2.24, 2.45) is 0 Å². The van der Waals surface area contributed by atoms with Gasteiger partial charge < -0.3 is 15.5 Å². The van der Waals surface area contributed by atoms with Crippen LogP contribution in [0.3, 0.4) is 0 Å². The van der Waals surface area contributed by atoms with Gasteiger partial charge in [-0.2, -0.15) is 13.2 Å². The number of halogens is 4. The predicted octanol–water partition coefficient (Wildman–Crippen LogP) is 4.37. The van der Waals surface area contributed by atoms with Gasteiger partial charge in [-0.1, -0.05) is 11.6 Å². The number of aromatic hydroxyl groups is 1. The van der Waals surface area contributed by atoms with Crippen molar-refractivity contribution in [2.75, 3.05) is 11.6 Å². The third kappa shape index (κ3) is 5.97. The van der Waals surface area contributed by atoms with Crippen LogP contribution in [0, 0.1) is 0 Å². The zero-order valence-corrected chi connectivity index (χ0v) is 16.7. The van der Waals surface area contributed by atoms with E-state index in [4.69, 9.17) is 21.5 Å². The summed E-state index contributed by atoms with van der Waals surface area (Å²) in [5.41, 5.74) is 1.69. The van der Waals surface area contributed by atoms with Crippen molar-refractivity contribution in [1.29, 1.82) is 0 Å². The number of hydrogen-bond donors (Lipinski definition) is 3. The molecule has 0 aliphatic rings. The average molecular weight is 463 g/mol. The molecule has 12 heteroatoms. The molecule has 0 bridgehead atoms. The number of nitrogens with one attached hydrogen (secondary N) is 1. The second-order valence-electron chi connectivity index (χ2n) is 5.90. The normalized spacial score (nSPS) is 11.5. The van der Waals surface area contributed by atoms with Gasteiger partial charge in [0.2, 0.25) is 0 Å². The summed E-state index contributed by atoms with van der Waals surface area (Å²) in [6.07, 6.45) is -2.33. The van der Waals surface area contributed by atoms with Gasteiger partial charge in [0, 0.05) is 28.5 Å². The van der Waals surface area contributed by atoms with Crippen molar-refractivity contribution >= 4 is 49.7 Å². The molecule has 3 aromatic rings. The molecule has 0 fully saturated rings. The first-order chi connectivity index (χ1) is 13.8. The molecular weight excluding hydrogens is 449 g/mol. The Morgan fingerprint density at radius 1 is 1.10 bits per heavy atom. The standard InChI is InChI=1S/C16H13ClN2O3S.C2HF3O2/c1-23(21,22)11-3-4-13-12(9-11)14(6-7-18-13)19-15-8-10(17)2-5-16(15)20;3-2(4,5)1(6)7/h2-9,20H,1H3,(H,18,19);(H,6,7). The van der Waals surface area contributed by atoms with Crippen LogP contribution in [0.1, 0.15) is 0 Å². The van der Waals surface area contributed by atoms with E-state index in [1.165, 1.54) is 12.1 Å². The van der Waals surface area contributed by atoms with Gasteiger partial charge in [-0.05, 0) is 42.5 Å². The van der Waals surface area contributed by atoms with Crippen LogP contribution in [0.15, 0.2) is 53.6 Å². The first-order valence-corrected chi connectivity index (χ1v) is 10.2. The molecule has 1 heterocycles. The van der Waals surface area contributed by atoms with Crippen LogP contribution in [0.25, 0.3) is 10.9 Å². The van der Waals surface area contributed by atoms with Crippen LogP contribution in [0.4, 0.5) is 24.5 Å². The maximum absolute atomic E-state index is 11.7. The number of pyridine rings is 1. The van der Waals surface area contributed by atoms with Gasteiger partial charge >= 0.3 is 12.1 Å². The molecule has 2 aromatic carbocycles. The number of carboxylic acids is 1. The zero-order valence-electron chi connectivity index (χ0n) is 15.1. The van der Waals surface area contributed by atoms with Gasteiger partial charge in [0.1, 0.15) is 5.75 Å². The fourth-order valence-corrected chi connectivity index (χ4v) is 3.04. The molecule has 160 valence electrons. The molecule has 7 nitrogen and oxygen atoms in total.